The maximum Gasteiger partial charge on any atom is 0.449 e. The Morgan fingerprint density at radius 3 is 2.66 bits per heavy atom. The van der Waals surface area contributed by atoms with Gasteiger partial charge in [-0.2, -0.15) is 13.2 Å². The molecule has 47 heavy (non-hydrogen) atoms. The minimum atomic E-state index is -4.77. The fourth-order valence-electron chi connectivity index (χ4n) is 6.59. The SMILES string of the molecule is COc1ccc2nc(C(F)(F)F)n(CC(=O)N3CC(NC4CCOC4)CC[C@H]3c3ncc(-c4cc5ccccc5nc4OC)[nH]3)c2c1. The van der Waals surface area contributed by atoms with Crippen LogP contribution in [-0.4, -0.2) is 81.4 Å². The quantitative estimate of drug-likeness (QED) is 0.238. The summed E-state index contributed by atoms with van der Waals surface area (Å²) in [6.07, 6.45) is -0.968. The minimum absolute atomic E-state index is 0.0668. The predicted octanol–water partition coefficient (Wildman–Crippen LogP) is 5.12. The lowest BCUT2D eigenvalue weighted by atomic mass is 9.96. The van der Waals surface area contributed by atoms with E-state index < -0.39 is 30.5 Å². The normalized spacial score (nSPS) is 20.3. The van der Waals surface area contributed by atoms with Crippen LogP contribution in [0.2, 0.25) is 0 Å². The summed E-state index contributed by atoms with van der Waals surface area (Å²) in [6, 6.07) is 13.7. The number of methoxy groups -OCH3 is 2. The van der Waals surface area contributed by atoms with Gasteiger partial charge < -0.3 is 34.0 Å². The molecule has 5 aromatic rings. The number of fused-ring (bicyclic) bond motifs is 2. The number of nitrogens with zero attached hydrogens (tertiary/aromatic N) is 5. The molecule has 0 saturated carbocycles. The van der Waals surface area contributed by atoms with Crippen molar-refractivity contribution in [2.75, 3.05) is 34.0 Å². The molecule has 0 bridgehead atoms. The molecule has 3 atom stereocenters. The Morgan fingerprint density at radius 1 is 1.04 bits per heavy atom. The first-order chi connectivity index (χ1) is 22.7. The van der Waals surface area contributed by atoms with E-state index in [1.54, 1.807) is 24.3 Å². The number of benzene rings is 2. The maximum atomic E-state index is 14.2. The highest BCUT2D eigenvalue weighted by molar-refractivity contribution is 5.85. The van der Waals surface area contributed by atoms with Crippen molar-refractivity contribution >= 4 is 27.8 Å². The second-order valence-corrected chi connectivity index (χ2v) is 11.9. The van der Waals surface area contributed by atoms with Gasteiger partial charge in [-0.15, -0.1) is 0 Å². The number of aromatic amines is 1. The number of likely N-dealkylation sites (tertiary alicyclic amines) is 1. The van der Waals surface area contributed by atoms with Crippen LogP contribution < -0.4 is 14.8 Å². The van der Waals surface area contributed by atoms with Crippen molar-refractivity contribution in [3.05, 3.63) is 66.4 Å². The van der Waals surface area contributed by atoms with E-state index >= 15 is 0 Å². The van der Waals surface area contributed by atoms with Gasteiger partial charge in [-0.25, -0.2) is 15.0 Å². The molecule has 5 heterocycles. The van der Waals surface area contributed by atoms with Crippen LogP contribution in [0.15, 0.2) is 54.7 Å². The fraction of sp³-hybridized carbons (Fsp3) is 0.394. The van der Waals surface area contributed by atoms with E-state index in [1.165, 1.54) is 19.2 Å². The second kappa shape index (κ2) is 12.5. The Balaban J connectivity index is 1.23. The van der Waals surface area contributed by atoms with Crippen LogP contribution in [0.25, 0.3) is 33.2 Å². The Morgan fingerprint density at radius 2 is 1.89 bits per heavy atom. The van der Waals surface area contributed by atoms with Crippen molar-refractivity contribution < 1.29 is 32.2 Å². The molecular formula is C33H34F3N7O4. The summed E-state index contributed by atoms with van der Waals surface area (Å²) >= 11 is 0. The van der Waals surface area contributed by atoms with Crippen molar-refractivity contribution in [3.63, 3.8) is 0 Å². The van der Waals surface area contributed by atoms with Crippen LogP contribution in [0.1, 0.15) is 37.0 Å². The van der Waals surface area contributed by atoms with E-state index in [9.17, 15) is 18.0 Å². The highest BCUT2D eigenvalue weighted by atomic mass is 19.4. The number of nitrogens with one attached hydrogen (secondary N) is 2. The number of piperidine rings is 1. The van der Waals surface area contributed by atoms with E-state index in [0.29, 0.717) is 48.3 Å². The molecule has 2 aromatic carbocycles. The van der Waals surface area contributed by atoms with E-state index in [0.717, 1.165) is 28.3 Å². The number of carbonyl (C=O) groups excluding carboxylic acids is 1. The first-order valence-electron chi connectivity index (χ1n) is 15.5. The van der Waals surface area contributed by atoms with E-state index in [1.807, 2.05) is 30.3 Å². The molecule has 2 saturated heterocycles. The molecule has 2 aliphatic rings. The molecule has 14 heteroatoms. The van der Waals surface area contributed by atoms with Crippen molar-refractivity contribution in [2.24, 2.45) is 0 Å². The Kier molecular flexibility index (Phi) is 8.22. The maximum absolute atomic E-state index is 14.2. The van der Waals surface area contributed by atoms with Crippen LogP contribution in [0, 0.1) is 0 Å². The monoisotopic (exact) mass is 649 g/mol. The fourth-order valence-corrected chi connectivity index (χ4v) is 6.59. The molecule has 11 nitrogen and oxygen atoms in total. The number of rotatable bonds is 8. The van der Waals surface area contributed by atoms with Gasteiger partial charge in [-0.1, -0.05) is 18.2 Å². The molecular weight excluding hydrogens is 615 g/mol. The van der Waals surface area contributed by atoms with Crippen molar-refractivity contribution in [1.82, 2.24) is 34.7 Å². The summed E-state index contributed by atoms with van der Waals surface area (Å²) in [5, 5.41) is 4.51. The number of hydrogen-bond acceptors (Lipinski definition) is 8. The van der Waals surface area contributed by atoms with Gasteiger partial charge in [0.1, 0.15) is 18.1 Å². The zero-order chi connectivity index (χ0) is 32.7. The summed E-state index contributed by atoms with van der Waals surface area (Å²) in [5.74, 6) is -0.322. The van der Waals surface area contributed by atoms with Gasteiger partial charge >= 0.3 is 6.18 Å². The van der Waals surface area contributed by atoms with Gasteiger partial charge in [0.05, 0.1) is 60.9 Å². The lowest BCUT2D eigenvalue weighted by Gasteiger charge is -2.40. The molecule has 2 fully saturated rings. The van der Waals surface area contributed by atoms with Crippen LogP contribution in [-0.2, 0) is 22.3 Å². The third-order valence-corrected chi connectivity index (χ3v) is 8.89. The summed E-state index contributed by atoms with van der Waals surface area (Å²) < 4.78 is 60.0. The number of carbonyl (C=O) groups is 1. The second-order valence-electron chi connectivity index (χ2n) is 11.9. The number of H-pyrrole nitrogens is 1. The first-order valence-corrected chi connectivity index (χ1v) is 15.5. The summed E-state index contributed by atoms with van der Waals surface area (Å²) in [5.41, 5.74) is 2.42. The molecule has 2 aliphatic heterocycles. The summed E-state index contributed by atoms with van der Waals surface area (Å²) in [7, 11) is 2.98. The minimum Gasteiger partial charge on any atom is -0.497 e. The van der Waals surface area contributed by atoms with Crippen LogP contribution in [0.4, 0.5) is 13.2 Å². The molecule has 246 valence electrons. The average Bonchev–Trinajstić information content (AvgIpc) is 3.85. The number of imidazole rings is 2. The van der Waals surface area contributed by atoms with Crippen molar-refractivity contribution in [1.29, 1.82) is 0 Å². The highest BCUT2D eigenvalue weighted by Gasteiger charge is 2.40. The average molecular weight is 650 g/mol. The van der Waals surface area contributed by atoms with Gasteiger partial charge in [0.2, 0.25) is 17.6 Å². The smallest absolute Gasteiger partial charge is 0.449 e. The van der Waals surface area contributed by atoms with Crippen molar-refractivity contribution in [3.8, 4) is 22.9 Å². The highest BCUT2D eigenvalue weighted by Crippen LogP contribution is 2.36. The number of amides is 1. The molecule has 0 radical (unpaired) electrons. The topological polar surface area (TPSA) is 119 Å². The predicted molar refractivity (Wildman–Crippen MR) is 167 cm³/mol. The Bertz CT molecular complexity index is 1920. The number of halogens is 3. The van der Waals surface area contributed by atoms with Crippen LogP contribution in [0.3, 0.4) is 0 Å². The number of para-hydroxylation sites is 1. The summed E-state index contributed by atoms with van der Waals surface area (Å²) in [4.78, 5) is 32.3. The molecule has 2 unspecified atom stereocenters. The standard InChI is InChI=1S/C33H34F3N7O4/c1-45-22-8-9-25-28(14-22)43(32(41-25)33(34,35)36)17-29(44)42-16-20(38-21-11-12-47-18-21)7-10-27(42)30-37-15-26(39-30)23-13-19-5-3-4-6-24(19)40-31(23)46-2/h3-6,8-9,13-15,20-21,27,38H,7,10-12,16-18H2,1-2H3,(H,37,39)/t20?,21?,27-/m0/s1. The van der Waals surface area contributed by atoms with E-state index in [-0.39, 0.29) is 29.7 Å². The third-order valence-electron chi connectivity index (χ3n) is 8.89. The zero-order valence-electron chi connectivity index (χ0n) is 25.9. The van der Waals surface area contributed by atoms with Gasteiger partial charge in [-0.05, 0) is 43.5 Å². The number of aromatic nitrogens is 5. The van der Waals surface area contributed by atoms with Gasteiger partial charge in [0, 0.05) is 36.7 Å². The molecule has 0 aliphatic carbocycles. The molecule has 0 spiro atoms. The molecule has 3 aromatic heterocycles. The zero-order valence-corrected chi connectivity index (χ0v) is 25.9. The molecule has 1 amide bonds. The summed E-state index contributed by atoms with van der Waals surface area (Å²) in [6.45, 7) is 0.961. The van der Waals surface area contributed by atoms with Gasteiger partial charge in [0.25, 0.3) is 0 Å². The molecule has 2 N–H and O–H groups in total. The number of pyridine rings is 1. The van der Waals surface area contributed by atoms with Crippen LogP contribution >= 0.6 is 0 Å². The lowest BCUT2D eigenvalue weighted by molar-refractivity contribution is -0.148. The number of alkyl halides is 3. The lowest BCUT2D eigenvalue weighted by Crippen LogP contribution is -2.52. The first kappa shape index (κ1) is 30.9. The Hall–Kier alpha value is -4.69. The van der Waals surface area contributed by atoms with Crippen molar-refractivity contribution in [2.45, 2.75) is 50.1 Å². The number of hydrogen-bond donors (Lipinski definition) is 2. The van der Waals surface area contributed by atoms with E-state index in [4.69, 9.17) is 14.2 Å². The molecule has 7 rings (SSSR count). The van der Waals surface area contributed by atoms with E-state index in [2.05, 4.69) is 25.3 Å². The third kappa shape index (κ3) is 6.10. The van der Waals surface area contributed by atoms with Crippen LogP contribution in [0.5, 0.6) is 11.6 Å². The Labute approximate surface area is 268 Å². The van der Waals surface area contributed by atoms with Gasteiger partial charge in [0.15, 0.2) is 0 Å². The largest absolute Gasteiger partial charge is 0.497 e. The number of ether oxygens (including phenoxy) is 3. The van der Waals surface area contributed by atoms with Gasteiger partial charge in [-0.3, -0.25) is 4.79 Å².